The van der Waals surface area contributed by atoms with Gasteiger partial charge in [-0.2, -0.15) is 0 Å². The summed E-state index contributed by atoms with van der Waals surface area (Å²) in [6.45, 7) is 3.49. The Morgan fingerprint density at radius 1 is 1.33 bits per heavy atom. The normalized spacial score (nSPS) is 11.3. The number of rotatable bonds is 8. The largest absolute Gasteiger partial charge is 0.469 e. The molecule has 0 radical (unpaired) electrons. The van der Waals surface area contributed by atoms with E-state index in [-0.39, 0.29) is 17.9 Å². The summed E-state index contributed by atoms with van der Waals surface area (Å²) in [7, 11) is -1.86. The van der Waals surface area contributed by atoms with E-state index in [4.69, 9.17) is 0 Å². The number of carbonyl (C=O) groups is 1. The summed E-state index contributed by atoms with van der Waals surface area (Å²) < 4.78 is 27.1. The van der Waals surface area contributed by atoms with Crippen molar-refractivity contribution in [3.05, 3.63) is 0 Å². The quantitative estimate of drug-likeness (QED) is 0.474. The van der Waals surface area contributed by atoms with Crippen molar-refractivity contribution in [3.63, 3.8) is 0 Å². The number of carbonyl (C=O) groups excluding carboxylic acids is 1. The first-order valence-corrected chi connectivity index (χ1v) is 6.82. The van der Waals surface area contributed by atoms with E-state index in [1.165, 1.54) is 7.11 Å². The molecule has 0 fully saturated rings. The van der Waals surface area contributed by atoms with Gasteiger partial charge in [0.2, 0.25) is 0 Å². The third-order valence-electron chi connectivity index (χ3n) is 1.90. The van der Waals surface area contributed by atoms with Crippen molar-refractivity contribution in [3.8, 4) is 0 Å². The molecule has 90 valence electrons. The molecule has 0 aromatic rings. The van der Waals surface area contributed by atoms with E-state index in [2.05, 4.69) is 10.1 Å². The molecule has 0 aliphatic rings. The predicted molar refractivity (Wildman–Crippen MR) is 58.4 cm³/mol. The van der Waals surface area contributed by atoms with Crippen LogP contribution in [-0.4, -0.2) is 46.1 Å². The molecule has 1 N–H and O–H groups in total. The SMILES string of the molecule is CCNCCCS(=O)(=O)CCC(=O)OC. The standard InChI is InChI=1S/C9H19NO4S/c1-3-10-6-4-7-15(12,13)8-5-9(11)14-2/h10H,3-8H2,1-2H3. The molecule has 0 saturated carbocycles. The van der Waals surface area contributed by atoms with E-state index < -0.39 is 15.8 Å². The summed E-state index contributed by atoms with van der Waals surface area (Å²) in [5.74, 6) is -0.478. The van der Waals surface area contributed by atoms with E-state index in [1.807, 2.05) is 6.92 Å². The maximum Gasteiger partial charge on any atom is 0.306 e. The van der Waals surface area contributed by atoms with Crippen LogP contribution in [0.1, 0.15) is 19.8 Å². The molecule has 5 nitrogen and oxygen atoms in total. The first kappa shape index (κ1) is 14.4. The Hall–Kier alpha value is -0.620. The summed E-state index contributed by atoms with van der Waals surface area (Å²) in [5.41, 5.74) is 0. The summed E-state index contributed by atoms with van der Waals surface area (Å²) >= 11 is 0. The molecule has 0 amide bonds. The Morgan fingerprint density at radius 2 is 2.00 bits per heavy atom. The summed E-state index contributed by atoms with van der Waals surface area (Å²) in [6, 6.07) is 0. The maximum absolute atomic E-state index is 11.4. The number of hydrogen-bond donors (Lipinski definition) is 1. The van der Waals surface area contributed by atoms with Gasteiger partial charge < -0.3 is 10.1 Å². The van der Waals surface area contributed by atoms with E-state index in [0.29, 0.717) is 13.0 Å². The van der Waals surface area contributed by atoms with Crippen LogP contribution in [-0.2, 0) is 19.4 Å². The van der Waals surface area contributed by atoms with Crippen LogP contribution in [0.25, 0.3) is 0 Å². The molecule has 0 aromatic carbocycles. The van der Waals surface area contributed by atoms with Crippen LogP contribution in [0.15, 0.2) is 0 Å². The van der Waals surface area contributed by atoms with Gasteiger partial charge in [-0.05, 0) is 19.5 Å². The Labute approximate surface area is 91.1 Å². The zero-order chi connectivity index (χ0) is 11.7. The van der Waals surface area contributed by atoms with Crippen molar-refractivity contribution in [1.82, 2.24) is 5.32 Å². The van der Waals surface area contributed by atoms with Gasteiger partial charge in [-0.25, -0.2) is 8.42 Å². The minimum Gasteiger partial charge on any atom is -0.469 e. The number of methoxy groups -OCH3 is 1. The number of ether oxygens (including phenoxy) is 1. The Balaban J connectivity index is 3.73. The second kappa shape index (κ2) is 7.64. The Bertz CT molecular complexity index is 274. The van der Waals surface area contributed by atoms with Gasteiger partial charge in [-0.15, -0.1) is 0 Å². The lowest BCUT2D eigenvalue weighted by atomic mass is 10.5. The van der Waals surface area contributed by atoms with Gasteiger partial charge >= 0.3 is 5.97 Å². The smallest absolute Gasteiger partial charge is 0.306 e. The molecule has 0 aromatic heterocycles. The van der Waals surface area contributed by atoms with Crippen LogP contribution < -0.4 is 5.32 Å². The fourth-order valence-electron chi connectivity index (χ4n) is 1.04. The zero-order valence-corrected chi connectivity index (χ0v) is 10.1. The number of sulfone groups is 1. The molecule has 0 heterocycles. The van der Waals surface area contributed by atoms with Gasteiger partial charge in [-0.3, -0.25) is 4.79 Å². The zero-order valence-electron chi connectivity index (χ0n) is 9.28. The van der Waals surface area contributed by atoms with E-state index in [9.17, 15) is 13.2 Å². The number of hydrogen-bond acceptors (Lipinski definition) is 5. The molecule has 0 rings (SSSR count). The van der Waals surface area contributed by atoms with Gasteiger partial charge in [0.1, 0.15) is 0 Å². The van der Waals surface area contributed by atoms with Gasteiger partial charge in [0.15, 0.2) is 9.84 Å². The minimum atomic E-state index is -3.11. The molecule has 0 spiro atoms. The number of esters is 1. The fourth-order valence-corrected chi connectivity index (χ4v) is 2.30. The van der Waals surface area contributed by atoms with Gasteiger partial charge in [0, 0.05) is 0 Å². The molecular weight excluding hydrogens is 218 g/mol. The lowest BCUT2D eigenvalue weighted by Crippen LogP contribution is -2.20. The highest BCUT2D eigenvalue weighted by atomic mass is 32.2. The van der Waals surface area contributed by atoms with Crippen molar-refractivity contribution in [2.45, 2.75) is 19.8 Å². The van der Waals surface area contributed by atoms with E-state index in [0.717, 1.165) is 6.54 Å². The van der Waals surface area contributed by atoms with Crippen molar-refractivity contribution in [2.24, 2.45) is 0 Å². The third-order valence-corrected chi connectivity index (χ3v) is 3.64. The van der Waals surface area contributed by atoms with Gasteiger partial charge in [0.05, 0.1) is 25.0 Å². The third kappa shape index (κ3) is 8.38. The molecule has 15 heavy (non-hydrogen) atoms. The van der Waals surface area contributed by atoms with Crippen molar-refractivity contribution < 1.29 is 17.9 Å². The fraction of sp³-hybridized carbons (Fsp3) is 0.889. The molecule has 0 saturated heterocycles. The second-order valence-corrected chi connectivity index (χ2v) is 5.49. The Morgan fingerprint density at radius 3 is 2.53 bits per heavy atom. The molecule has 0 aliphatic carbocycles. The highest BCUT2D eigenvalue weighted by Crippen LogP contribution is 1.97. The van der Waals surface area contributed by atoms with Crippen LogP contribution in [0.4, 0.5) is 0 Å². The summed E-state index contributed by atoms with van der Waals surface area (Å²) in [4.78, 5) is 10.7. The molecule has 0 unspecified atom stereocenters. The highest BCUT2D eigenvalue weighted by Gasteiger charge is 2.13. The minimum absolute atomic E-state index is 0.0555. The molecule has 6 heteroatoms. The van der Waals surface area contributed by atoms with Gasteiger partial charge in [-0.1, -0.05) is 6.92 Å². The van der Waals surface area contributed by atoms with Crippen LogP contribution >= 0.6 is 0 Å². The lowest BCUT2D eigenvalue weighted by Gasteiger charge is -2.04. The highest BCUT2D eigenvalue weighted by molar-refractivity contribution is 7.91. The monoisotopic (exact) mass is 237 g/mol. The maximum atomic E-state index is 11.4. The number of nitrogens with one attached hydrogen (secondary N) is 1. The lowest BCUT2D eigenvalue weighted by molar-refractivity contribution is -0.140. The first-order valence-electron chi connectivity index (χ1n) is 4.99. The predicted octanol–water partition coefficient (Wildman–Crippen LogP) is -0.0361. The average molecular weight is 237 g/mol. The van der Waals surface area contributed by atoms with E-state index >= 15 is 0 Å². The van der Waals surface area contributed by atoms with Crippen LogP contribution in [0.3, 0.4) is 0 Å². The van der Waals surface area contributed by atoms with E-state index in [1.54, 1.807) is 0 Å². The van der Waals surface area contributed by atoms with Crippen molar-refractivity contribution >= 4 is 15.8 Å². The van der Waals surface area contributed by atoms with Gasteiger partial charge in [0.25, 0.3) is 0 Å². The topological polar surface area (TPSA) is 72.5 Å². The van der Waals surface area contributed by atoms with Crippen LogP contribution in [0.5, 0.6) is 0 Å². The van der Waals surface area contributed by atoms with Crippen LogP contribution in [0.2, 0.25) is 0 Å². The first-order chi connectivity index (χ1) is 7.02. The van der Waals surface area contributed by atoms with Crippen molar-refractivity contribution in [1.29, 1.82) is 0 Å². The second-order valence-electron chi connectivity index (χ2n) is 3.19. The Kier molecular flexibility index (Phi) is 7.33. The summed E-state index contributed by atoms with van der Waals surface area (Å²) in [6.07, 6.45) is 0.525. The van der Waals surface area contributed by atoms with Crippen LogP contribution in [0, 0.1) is 0 Å². The molecule has 0 bridgehead atoms. The average Bonchev–Trinajstić information content (AvgIpc) is 2.21. The van der Waals surface area contributed by atoms with Crippen molar-refractivity contribution in [2.75, 3.05) is 31.7 Å². The molecular formula is C9H19NO4S. The summed E-state index contributed by atoms with van der Waals surface area (Å²) in [5, 5.41) is 3.04. The molecule has 0 aliphatic heterocycles. The molecule has 0 atom stereocenters.